The molecular weight excluding hydrogens is 1000 g/mol. The minimum absolute atomic E-state index is 0. The molecule has 0 heterocycles. The van der Waals surface area contributed by atoms with E-state index in [1.54, 1.807) is 0 Å². The molecule has 0 N–H and O–H groups in total. The largest absolute Gasteiger partial charge is 1.00 e. The predicted octanol–water partition coefficient (Wildman–Crippen LogP) is 10.6. The van der Waals surface area contributed by atoms with Crippen LogP contribution in [0.25, 0.3) is 0 Å². The van der Waals surface area contributed by atoms with Gasteiger partial charge in [-0.05, 0) is 98.8 Å². The van der Waals surface area contributed by atoms with Crippen molar-refractivity contribution in [3.05, 3.63) is 243 Å². The topological polar surface area (TPSA) is 57.2 Å². The van der Waals surface area contributed by atoms with Crippen LogP contribution in [0.3, 0.4) is 0 Å². The van der Waals surface area contributed by atoms with E-state index in [9.17, 15) is 13.2 Å². The van der Waals surface area contributed by atoms with Crippen molar-refractivity contribution in [2.45, 2.75) is 5.51 Å². The SMILES string of the molecule is O=S(=O)([O-])C(F)(F)F.[Rh+].c1ccc(P(CCP(c2ccccc2)c2ccccc2)c2ccccc2)cc1.c1ccc(P(CCP(c2ccccc2)c2ccccc2)c2ccccc2)cc1. The third-order valence-corrected chi connectivity index (χ3v) is 21.2. The van der Waals surface area contributed by atoms with E-state index in [0.717, 1.165) is 0 Å². The van der Waals surface area contributed by atoms with Gasteiger partial charge in [-0.15, -0.1) is 0 Å². The molecule has 8 aromatic carbocycles. The van der Waals surface area contributed by atoms with E-state index in [0.29, 0.717) is 0 Å². The molecule has 0 amide bonds. The van der Waals surface area contributed by atoms with Crippen LogP contribution in [0.1, 0.15) is 0 Å². The van der Waals surface area contributed by atoms with Crippen molar-refractivity contribution in [1.82, 2.24) is 0 Å². The Balaban J connectivity index is 0.000000207. The third-order valence-electron chi connectivity index (χ3n) is 9.92. The van der Waals surface area contributed by atoms with Gasteiger partial charge in [0.1, 0.15) is 0 Å². The maximum Gasteiger partial charge on any atom is 1.00 e. The maximum absolute atomic E-state index is 10.7. The molecule has 0 saturated carbocycles. The van der Waals surface area contributed by atoms with Crippen molar-refractivity contribution in [2.75, 3.05) is 24.6 Å². The number of benzene rings is 8. The second kappa shape index (κ2) is 26.8. The number of halogens is 3. The van der Waals surface area contributed by atoms with E-state index in [1.165, 1.54) is 67.1 Å². The quantitative estimate of drug-likeness (QED) is 0.0472. The van der Waals surface area contributed by atoms with E-state index >= 15 is 0 Å². The fourth-order valence-electron chi connectivity index (χ4n) is 6.89. The van der Waals surface area contributed by atoms with Crippen LogP contribution in [0.4, 0.5) is 13.2 Å². The molecule has 12 heteroatoms. The molecule has 8 aromatic rings. The first-order valence-corrected chi connectivity index (χ1v) is 28.1. The number of hydrogen-bond acceptors (Lipinski definition) is 3. The molecule has 0 aliphatic carbocycles. The Hall–Kier alpha value is -4.20. The monoisotopic (exact) mass is 1050 g/mol. The second-order valence-corrected chi connectivity index (χ2v) is 24.9. The molecule has 0 saturated heterocycles. The Morgan fingerprint density at radius 3 is 0.508 bits per heavy atom. The first kappa shape index (κ1) is 51.8. The first-order valence-electron chi connectivity index (χ1n) is 20.6. The van der Waals surface area contributed by atoms with E-state index in [-0.39, 0.29) is 51.2 Å². The maximum atomic E-state index is 10.7. The van der Waals surface area contributed by atoms with Crippen molar-refractivity contribution in [1.29, 1.82) is 0 Å². The Bertz CT molecular complexity index is 2140. The van der Waals surface area contributed by atoms with Gasteiger partial charge in [-0.25, -0.2) is 8.42 Å². The minimum atomic E-state index is -6.09. The number of alkyl halides is 3. The van der Waals surface area contributed by atoms with E-state index in [1.807, 2.05) is 0 Å². The zero-order valence-corrected chi connectivity index (χ0v) is 41.3. The summed E-state index contributed by atoms with van der Waals surface area (Å²) in [6.45, 7) is 0. The second-order valence-electron chi connectivity index (χ2n) is 14.2. The van der Waals surface area contributed by atoms with Crippen LogP contribution in [0.2, 0.25) is 0 Å². The van der Waals surface area contributed by atoms with Crippen LogP contribution in [0, 0.1) is 0 Å². The minimum Gasteiger partial charge on any atom is -0.741 e. The molecule has 334 valence electrons. The first-order chi connectivity index (χ1) is 31.1. The van der Waals surface area contributed by atoms with Gasteiger partial charge in [0.15, 0.2) is 10.1 Å². The van der Waals surface area contributed by atoms with Gasteiger partial charge < -0.3 is 4.55 Å². The fraction of sp³-hybridized carbons (Fsp3) is 0.0943. The zero-order chi connectivity index (χ0) is 45.0. The summed E-state index contributed by atoms with van der Waals surface area (Å²) in [7, 11) is -7.48. The van der Waals surface area contributed by atoms with Crippen LogP contribution >= 0.6 is 31.7 Å². The summed E-state index contributed by atoms with van der Waals surface area (Å²) in [5.41, 5.74) is -5.65. The Morgan fingerprint density at radius 1 is 0.308 bits per heavy atom. The summed E-state index contributed by atoms with van der Waals surface area (Å²) in [4.78, 5) is 0. The Morgan fingerprint density at radius 2 is 0.415 bits per heavy atom. The van der Waals surface area contributed by atoms with Crippen molar-refractivity contribution >= 4 is 84.2 Å². The molecule has 0 unspecified atom stereocenters. The van der Waals surface area contributed by atoms with Gasteiger partial charge >= 0.3 is 25.0 Å². The van der Waals surface area contributed by atoms with Gasteiger partial charge in [0.05, 0.1) is 0 Å². The summed E-state index contributed by atoms with van der Waals surface area (Å²) in [5.74, 6) is 0. The molecular formula is C53H48F3O3P4RhS. The molecule has 65 heavy (non-hydrogen) atoms. The van der Waals surface area contributed by atoms with Gasteiger partial charge in [-0.1, -0.05) is 243 Å². The normalized spacial score (nSPS) is 11.3. The molecule has 0 bridgehead atoms. The Labute approximate surface area is 400 Å². The fourth-order valence-corrected chi connectivity index (χ4v) is 17.6. The summed E-state index contributed by atoms with van der Waals surface area (Å²) < 4.78 is 58.9. The van der Waals surface area contributed by atoms with Gasteiger partial charge in [0.25, 0.3) is 0 Å². The summed E-state index contributed by atoms with van der Waals surface area (Å²) in [5, 5.41) is 11.8. The summed E-state index contributed by atoms with van der Waals surface area (Å²) in [6, 6.07) is 88.4. The molecule has 0 aliphatic rings. The molecule has 0 aromatic heterocycles. The average Bonchev–Trinajstić information content (AvgIpc) is 3.34. The summed E-state index contributed by atoms with van der Waals surface area (Å²) in [6.07, 6.45) is 4.83. The van der Waals surface area contributed by atoms with Gasteiger partial charge in [-0.2, -0.15) is 13.2 Å². The van der Waals surface area contributed by atoms with Crippen molar-refractivity contribution < 1.29 is 45.6 Å². The number of hydrogen-bond donors (Lipinski definition) is 0. The number of rotatable bonds is 14. The van der Waals surface area contributed by atoms with E-state index in [4.69, 9.17) is 13.0 Å². The summed E-state index contributed by atoms with van der Waals surface area (Å²) >= 11 is 0. The van der Waals surface area contributed by atoms with Crippen LogP contribution in [0.5, 0.6) is 0 Å². The molecule has 0 atom stereocenters. The predicted molar refractivity (Wildman–Crippen MR) is 272 cm³/mol. The van der Waals surface area contributed by atoms with Gasteiger partial charge in [-0.3, -0.25) is 0 Å². The Kier molecular flexibility index (Phi) is 21.4. The molecule has 0 fully saturated rings. The van der Waals surface area contributed by atoms with Crippen LogP contribution in [0.15, 0.2) is 243 Å². The third kappa shape index (κ3) is 16.3. The molecule has 0 spiro atoms. The molecule has 0 aliphatic heterocycles. The van der Waals surface area contributed by atoms with Crippen LogP contribution < -0.4 is 42.4 Å². The van der Waals surface area contributed by atoms with Gasteiger partial charge in [0, 0.05) is 0 Å². The van der Waals surface area contributed by atoms with Crippen LogP contribution in [-0.4, -0.2) is 43.1 Å². The van der Waals surface area contributed by atoms with Gasteiger partial charge in [0.2, 0.25) is 0 Å². The molecule has 8 rings (SSSR count). The van der Waals surface area contributed by atoms with Crippen molar-refractivity contribution in [3.8, 4) is 0 Å². The van der Waals surface area contributed by atoms with Crippen LogP contribution in [-0.2, 0) is 29.6 Å². The standard InChI is InChI=1S/2C26H24P2.CHF3O3S.Rh/c2*1-5-13-23(14-6-1)27(24-15-7-2-8-16-24)21-22-28(25-17-9-3-10-18-25)26-19-11-4-12-20-26;2-1(3,4)8(5,6)7;/h2*1-20H,21-22H2;(H,5,6,7);/q;;;+1/p-1. The molecule has 0 radical (unpaired) electrons. The average molecular weight is 1050 g/mol. The van der Waals surface area contributed by atoms with Crippen molar-refractivity contribution in [2.24, 2.45) is 0 Å². The van der Waals surface area contributed by atoms with E-state index in [2.05, 4.69) is 243 Å². The smallest absolute Gasteiger partial charge is 0.741 e. The molecule has 3 nitrogen and oxygen atoms in total. The van der Waals surface area contributed by atoms with Crippen molar-refractivity contribution in [3.63, 3.8) is 0 Å². The zero-order valence-electron chi connectivity index (χ0n) is 35.3. The van der Waals surface area contributed by atoms with E-state index < -0.39 is 15.6 Å².